The molecule has 182 valence electrons. The summed E-state index contributed by atoms with van der Waals surface area (Å²) in [4.78, 5) is 49.3. The molecule has 1 aliphatic heterocycles. The normalized spacial score (nSPS) is 14.7. The summed E-state index contributed by atoms with van der Waals surface area (Å²) in [5.41, 5.74) is 1.15. The van der Waals surface area contributed by atoms with Crippen molar-refractivity contribution in [3.8, 4) is 5.75 Å². The molecular formula is C24H14Br3N3O6. The average Bonchev–Trinajstić information content (AvgIpc) is 2.82. The summed E-state index contributed by atoms with van der Waals surface area (Å²) in [6, 6.07) is 15.1. The number of imide groups is 2. The van der Waals surface area contributed by atoms with Gasteiger partial charge in [0.25, 0.3) is 17.5 Å². The van der Waals surface area contributed by atoms with E-state index >= 15 is 0 Å². The first-order valence-electron chi connectivity index (χ1n) is 10.2. The molecule has 1 saturated heterocycles. The zero-order chi connectivity index (χ0) is 26.0. The highest BCUT2D eigenvalue weighted by Crippen LogP contribution is 2.36. The van der Waals surface area contributed by atoms with Crippen LogP contribution < -0.4 is 15.0 Å². The van der Waals surface area contributed by atoms with Crippen molar-refractivity contribution in [2.24, 2.45) is 0 Å². The van der Waals surface area contributed by atoms with Gasteiger partial charge in [0.1, 0.15) is 17.9 Å². The smallest absolute Gasteiger partial charge is 0.335 e. The number of nitro benzene ring substituents is 1. The third kappa shape index (κ3) is 5.55. The molecule has 1 fully saturated rings. The molecule has 1 heterocycles. The van der Waals surface area contributed by atoms with Crippen LogP contribution in [0.3, 0.4) is 0 Å². The Labute approximate surface area is 229 Å². The van der Waals surface area contributed by atoms with Gasteiger partial charge in [-0.2, -0.15) is 0 Å². The number of urea groups is 1. The quantitative estimate of drug-likeness (QED) is 0.145. The topological polar surface area (TPSA) is 119 Å². The molecule has 4 rings (SSSR count). The number of barbiturate groups is 1. The number of non-ortho nitro benzene ring substituents is 1. The molecule has 0 saturated carbocycles. The van der Waals surface area contributed by atoms with E-state index < -0.39 is 22.8 Å². The Balaban J connectivity index is 1.59. The molecule has 0 spiro atoms. The summed E-state index contributed by atoms with van der Waals surface area (Å²) in [5.74, 6) is -1.14. The van der Waals surface area contributed by atoms with Gasteiger partial charge in [0.15, 0.2) is 0 Å². The Kier molecular flexibility index (Phi) is 7.67. The second-order valence-electron chi connectivity index (χ2n) is 7.46. The number of nitro groups is 1. The third-order valence-electron chi connectivity index (χ3n) is 5.02. The first kappa shape index (κ1) is 25.7. The Morgan fingerprint density at radius 2 is 1.64 bits per heavy atom. The van der Waals surface area contributed by atoms with Crippen LogP contribution in [0.1, 0.15) is 11.1 Å². The van der Waals surface area contributed by atoms with Gasteiger partial charge < -0.3 is 4.74 Å². The molecule has 1 N–H and O–H groups in total. The summed E-state index contributed by atoms with van der Waals surface area (Å²) >= 11 is 10.1. The molecule has 0 radical (unpaired) electrons. The molecule has 1 aliphatic rings. The Bertz CT molecular complexity index is 1420. The molecule has 0 unspecified atom stereocenters. The van der Waals surface area contributed by atoms with E-state index in [1.54, 1.807) is 48.5 Å². The lowest BCUT2D eigenvalue weighted by atomic mass is 10.1. The summed E-state index contributed by atoms with van der Waals surface area (Å²) in [6.07, 6.45) is 1.37. The monoisotopic (exact) mass is 677 g/mol. The molecular weight excluding hydrogens is 666 g/mol. The van der Waals surface area contributed by atoms with E-state index in [0.29, 0.717) is 31.5 Å². The van der Waals surface area contributed by atoms with Crippen molar-refractivity contribution in [2.45, 2.75) is 6.61 Å². The van der Waals surface area contributed by atoms with Crippen molar-refractivity contribution in [1.29, 1.82) is 0 Å². The fourth-order valence-corrected chi connectivity index (χ4v) is 5.08. The molecule has 9 nitrogen and oxygen atoms in total. The van der Waals surface area contributed by atoms with Crippen LogP contribution in [0, 0.1) is 10.1 Å². The van der Waals surface area contributed by atoms with Crippen molar-refractivity contribution in [3.05, 3.63) is 101 Å². The molecule has 0 bridgehead atoms. The minimum atomic E-state index is -0.836. The molecule has 0 aliphatic carbocycles. The highest BCUT2D eigenvalue weighted by Gasteiger charge is 2.36. The number of hydrogen-bond donors (Lipinski definition) is 1. The zero-order valence-electron chi connectivity index (χ0n) is 18.0. The molecule has 0 atom stereocenters. The highest BCUT2D eigenvalue weighted by molar-refractivity contribution is 9.11. The van der Waals surface area contributed by atoms with Crippen LogP contribution in [0.2, 0.25) is 0 Å². The maximum atomic E-state index is 13.1. The fourth-order valence-electron chi connectivity index (χ4n) is 3.36. The summed E-state index contributed by atoms with van der Waals surface area (Å²) in [6.45, 7) is 0.0739. The number of carbonyl (C=O) groups excluding carboxylic acids is 3. The van der Waals surface area contributed by atoms with Crippen LogP contribution in [0.25, 0.3) is 6.08 Å². The van der Waals surface area contributed by atoms with E-state index in [0.717, 1.165) is 9.37 Å². The summed E-state index contributed by atoms with van der Waals surface area (Å²) in [5, 5.41) is 13.2. The predicted molar refractivity (Wildman–Crippen MR) is 142 cm³/mol. The van der Waals surface area contributed by atoms with Crippen molar-refractivity contribution in [2.75, 3.05) is 4.90 Å². The van der Waals surface area contributed by atoms with Gasteiger partial charge in [-0.3, -0.25) is 25.0 Å². The lowest BCUT2D eigenvalue weighted by Crippen LogP contribution is -2.54. The number of rotatable bonds is 6. The number of anilines is 1. The second-order valence-corrected chi connectivity index (χ2v) is 10.1. The summed E-state index contributed by atoms with van der Waals surface area (Å²) in [7, 11) is 0. The van der Waals surface area contributed by atoms with Crippen LogP contribution in [-0.4, -0.2) is 22.8 Å². The number of halogens is 3. The minimum absolute atomic E-state index is 0.0395. The Morgan fingerprint density at radius 1 is 0.972 bits per heavy atom. The molecule has 4 amide bonds. The van der Waals surface area contributed by atoms with E-state index in [2.05, 4.69) is 53.1 Å². The van der Waals surface area contributed by atoms with Gasteiger partial charge in [0, 0.05) is 16.6 Å². The van der Waals surface area contributed by atoms with Crippen LogP contribution in [0.4, 0.5) is 16.2 Å². The molecule has 3 aromatic rings. The van der Waals surface area contributed by atoms with Crippen molar-refractivity contribution >= 4 is 83.1 Å². The van der Waals surface area contributed by atoms with E-state index in [-0.39, 0.29) is 17.9 Å². The predicted octanol–water partition coefficient (Wildman–Crippen LogP) is 6.13. The van der Waals surface area contributed by atoms with Gasteiger partial charge in [-0.05, 0) is 85.5 Å². The maximum Gasteiger partial charge on any atom is 0.335 e. The number of amides is 4. The fraction of sp³-hybridized carbons (Fsp3) is 0.0417. The van der Waals surface area contributed by atoms with Crippen LogP contribution in [-0.2, 0) is 16.2 Å². The van der Waals surface area contributed by atoms with Gasteiger partial charge in [-0.1, -0.05) is 28.1 Å². The largest absolute Gasteiger partial charge is 0.487 e. The van der Waals surface area contributed by atoms with Crippen LogP contribution in [0.15, 0.2) is 79.7 Å². The Morgan fingerprint density at radius 3 is 2.28 bits per heavy atom. The van der Waals surface area contributed by atoms with Crippen molar-refractivity contribution < 1.29 is 24.0 Å². The van der Waals surface area contributed by atoms with Crippen LogP contribution in [0.5, 0.6) is 5.75 Å². The van der Waals surface area contributed by atoms with E-state index in [1.807, 2.05) is 0 Å². The van der Waals surface area contributed by atoms with Crippen molar-refractivity contribution in [1.82, 2.24) is 5.32 Å². The SMILES string of the molecule is O=C1NC(=O)N(c2ccc(Br)cc2)C(=O)/C1=C/c1cc(Br)c(OCc2cccc([N+](=O)[O-])c2)c(Br)c1. The molecule has 0 aromatic heterocycles. The number of ether oxygens (including phenoxy) is 1. The zero-order valence-corrected chi connectivity index (χ0v) is 22.8. The number of benzene rings is 3. The second kappa shape index (κ2) is 10.7. The van der Waals surface area contributed by atoms with Gasteiger partial charge in [0.05, 0.1) is 19.6 Å². The van der Waals surface area contributed by atoms with Crippen molar-refractivity contribution in [3.63, 3.8) is 0 Å². The van der Waals surface area contributed by atoms with Gasteiger partial charge in [0.2, 0.25) is 0 Å². The lowest BCUT2D eigenvalue weighted by molar-refractivity contribution is -0.384. The maximum absolute atomic E-state index is 13.1. The Hall–Kier alpha value is -3.35. The highest BCUT2D eigenvalue weighted by atomic mass is 79.9. The van der Waals surface area contributed by atoms with E-state index in [1.165, 1.54) is 18.2 Å². The standard InChI is InChI=1S/C24H14Br3N3O6/c25-15-4-6-16(7-5-15)29-23(32)18(22(31)28-24(29)33)9-14-10-19(26)21(20(27)11-14)36-12-13-2-1-3-17(8-13)30(34)35/h1-11H,12H2,(H,28,31,33)/b18-9+. The lowest BCUT2D eigenvalue weighted by Gasteiger charge is -2.26. The minimum Gasteiger partial charge on any atom is -0.487 e. The van der Waals surface area contributed by atoms with E-state index in [9.17, 15) is 24.5 Å². The molecule has 12 heteroatoms. The molecule has 36 heavy (non-hydrogen) atoms. The first-order chi connectivity index (χ1) is 17.1. The van der Waals surface area contributed by atoms with Gasteiger partial charge in [-0.15, -0.1) is 0 Å². The first-order valence-corrected chi connectivity index (χ1v) is 12.5. The third-order valence-corrected chi connectivity index (χ3v) is 6.73. The number of carbonyl (C=O) groups is 3. The number of nitrogens with one attached hydrogen (secondary N) is 1. The van der Waals surface area contributed by atoms with E-state index in [4.69, 9.17) is 4.74 Å². The molecule has 3 aromatic carbocycles. The summed E-state index contributed by atoms with van der Waals surface area (Å²) < 4.78 is 7.63. The average molecular weight is 680 g/mol. The van der Waals surface area contributed by atoms with Gasteiger partial charge in [-0.25, -0.2) is 9.69 Å². The van der Waals surface area contributed by atoms with Gasteiger partial charge >= 0.3 is 6.03 Å². The number of hydrogen-bond acceptors (Lipinski definition) is 6. The number of nitrogens with zero attached hydrogens (tertiary/aromatic N) is 2. The van der Waals surface area contributed by atoms with Crippen LogP contribution >= 0.6 is 47.8 Å².